The van der Waals surface area contributed by atoms with E-state index in [0.717, 1.165) is 5.75 Å². The molecule has 2 rings (SSSR count). The highest BCUT2D eigenvalue weighted by atomic mass is 19.1. The Morgan fingerprint density at radius 3 is 2.22 bits per heavy atom. The van der Waals surface area contributed by atoms with Crippen LogP contribution in [0.2, 0.25) is 0 Å². The average molecular weight is 374 g/mol. The molecule has 27 heavy (non-hydrogen) atoms. The number of hydrogen-bond donors (Lipinski definition) is 1. The van der Waals surface area contributed by atoms with Crippen molar-refractivity contribution in [3.63, 3.8) is 0 Å². The van der Waals surface area contributed by atoms with Crippen molar-refractivity contribution < 1.29 is 23.5 Å². The van der Waals surface area contributed by atoms with Crippen molar-refractivity contribution in [2.24, 2.45) is 0 Å². The van der Waals surface area contributed by atoms with E-state index in [4.69, 9.17) is 9.47 Å². The number of hydrogen-bond acceptors (Lipinski definition) is 4. The quantitative estimate of drug-likeness (QED) is 0.732. The highest BCUT2D eigenvalue weighted by Crippen LogP contribution is 2.17. The lowest BCUT2D eigenvalue weighted by molar-refractivity contribution is -0.129. The molecule has 0 atom stereocenters. The third-order valence-corrected chi connectivity index (χ3v) is 3.87. The number of anilines is 1. The van der Waals surface area contributed by atoms with Gasteiger partial charge in [0.1, 0.15) is 23.9 Å². The first-order valence-corrected chi connectivity index (χ1v) is 8.55. The number of benzene rings is 2. The van der Waals surface area contributed by atoms with Crippen molar-refractivity contribution in [2.75, 3.05) is 32.1 Å². The zero-order chi connectivity index (χ0) is 19.6. The van der Waals surface area contributed by atoms with E-state index in [9.17, 15) is 14.0 Å². The Hall–Kier alpha value is -3.09. The predicted octanol–water partition coefficient (Wildman–Crippen LogP) is 3.09. The van der Waals surface area contributed by atoms with Crippen LogP contribution in [0.15, 0.2) is 48.5 Å². The molecule has 0 aromatic heterocycles. The summed E-state index contributed by atoms with van der Waals surface area (Å²) in [7, 11) is 1.59. The van der Waals surface area contributed by atoms with Crippen molar-refractivity contribution in [3.8, 4) is 11.5 Å². The van der Waals surface area contributed by atoms with Crippen LogP contribution in [0.5, 0.6) is 11.5 Å². The molecule has 2 amide bonds. The summed E-state index contributed by atoms with van der Waals surface area (Å²) in [5.74, 6) is 0.660. The van der Waals surface area contributed by atoms with Crippen LogP contribution in [0, 0.1) is 5.82 Å². The molecule has 0 saturated heterocycles. The summed E-state index contributed by atoms with van der Waals surface area (Å²) in [5.41, 5.74) is 0.513. The summed E-state index contributed by atoms with van der Waals surface area (Å²) in [6.45, 7) is 2.40. The molecule has 0 aliphatic rings. The van der Waals surface area contributed by atoms with Crippen molar-refractivity contribution in [3.05, 3.63) is 54.3 Å². The van der Waals surface area contributed by atoms with Gasteiger partial charge in [-0.3, -0.25) is 9.59 Å². The van der Waals surface area contributed by atoms with E-state index in [1.807, 2.05) is 0 Å². The van der Waals surface area contributed by atoms with Gasteiger partial charge in [-0.1, -0.05) is 0 Å². The Kier molecular flexibility index (Phi) is 7.61. The predicted molar refractivity (Wildman–Crippen MR) is 100 cm³/mol. The number of halogens is 1. The van der Waals surface area contributed by atoms with E-state index in [2.05, 4.69) is 5.32 Å². The first kappa shape index (κ1) is 20.2. The lowest BCUT2D eigenvalue weighted by Gasteiger charge is -2.21. The Morgan fingerprint density at radius 1 is 1.00 bits per heavy atom. The minimum Gasteiger partial charge on any atom is -0.497 e. The Labute approximate surface area is 157 Å². The first-order valence-electron chi connectivity index (χ1n) is 8.55. The molecule has 1 N–H and O–H groups in total. The third kappa shape index (κ3) is 6.97. The van der Waals surface area contributed by atoms with E-state index in [1.165, 1.54) is 31.2 Å². The fourth-order valence-electron chi connectivity index (χ4n) is 2.37. The molecule has 7 heteroatoms. The van der Waals surface area contributed by atoms with E-state index in [0.29, 0.717) is 24.6 Å². The third-order valence-electron chi connectivity index (χ3n) is 3.87. The van der Waals surface area contributed by atoms with Gasteiger partial charge in [0.25, 0.3) is 0 Å². The average Bonchev–Trinajstić information content (AvgIpc) is 2.66. The molecule has 2 aromatic carbocycles. The van der Waals surface area contributed by atoms with Crippen LogP contribution in [0.1, 0.15) is 13.3 Å². The number of nitrogens with zero attached hydrogens (tertiary/aromatic N) is 1. The molecule has 0 aliphatic heterocycles. The minimum absolute atomic E-state index is 0.136. The molecular formula is C20H23FN2O4. The highest BCUT2D eigenvalue weighted by molar-refractivity contribution is 5.91. The van der Waals surface area contributed by atoms with Crippen molar-refractivity contribution in [2.45, 2.75) is 13.3 Å². The molecule has 0 radical (unpaired) electrons. The van der Waals surface area contributed by atoms with Gasteiger partial charge in [0, 0.05) is 25.6 Å². The van der Waals surface area contributed by atoms with Crippen LogP contribution in [-0.4, -0.2) is 43.5 Å². The summed E-state index contributed by atoms with van der Waals surface area (Å²) < 4.78 is 23.6. The molecule has 0 fully saturated rings. The normalized spacial score (nSPS) is 10.2. The van der Waals surface area contributed by atoms with E-state index >= 15 is 0 Å². The maximum absolute atomic E-state index is 12.9. The number of amides is 2. The van der Waals surface area contributed by atoms with Crippen LogP contribution >= 0.6 is 0 Å². The fourth-order valence-corrected chi connectivity index (χ4v) is 2.37. The maximum atomic E-state index is 12.9. The summed E-state index contributed by atoms with van der Waals surface area (Å²) in [4.78, 5) is 25.3. The van der Waals surface area contributed by atoms with Gasteiger partial charge < -0.3 is 19.7 Å². The van der Waals surface area contributed by atoms with Gasteiger partial charge in [0.15, 0.2) is 0 Å². The van der Waals surface area contributed by atoms with Gasteiger partial charge in [-0.2, -0.15) is 0 Å². The van der Waals surface area contributed by atoms with Gasteiger partial charge in [-0.05, 0) is 48.5 Å². The minimum atomic E-state index is -0.368. The molecule has 144 valence electrons. The van der Waals surface area contributed by atoms with Gasteiger partial charge in [-0.25, -0.2) is 4.39 Å². The number of carbonyl (C=O) groups is 2. The van der Waals surface area contributed by atoms with Crippen molar-refractivity contribution in [1.29, 1.82) is 0 Å². The number of ether oxygens (including phenoxy) is 2. The number of carbonyl (C=O) groups excluding carboxylic acids is 2. The Bertz CT molecular complexity index is 748. The largest absolute Gasteiger partial charge is 0.497 e. The van der Waals surface area contributed by atoms with E-state index in [1.54, 1.807) is 36.3 Å². The van der Waals surface area contributed by atoms with Crippen LogP contribution in [-0.2, 0) is 9.59 Å². The zero-order valence-electron chi connectivity index (χ0n) is 15.4. The second kappa shape index (κ2) is 10.2. The van der Waals surface area contributed by atoms with Crippen molar-refractivity contribution in [1.82, 2.24) is 4.90 Å². The molecule has 6 nitrogen and oxygen atoms in total. The summed E-state index contributed by atoms with van der Waals surface area (Å²) in [6, 6.07) is 12.7. The maximum Gasteiger partial charge on any atom is 0.226 e. The summed E-state index contributed by atoms with van der Waals surface area (Å²) >= 11 is 0. The highest BCUT2D eigenvalue weighted by Gasteiger charge is 2.12. The number of nitrogens with one attached hydrogen (secondary N) is 1. The van der Waals surface area contributed by atoms with E-state index in [-0.39, 0.29) is 30.6 Å². The van der Waals surface area contributed by atoms with E-state index < -0.39 is 0 Å². The topological polar surface area (TPSA) is 67.9 Å². The lowest BCUT2D eigenvalue weighted by Crippen LogP contribution is -2.35. The monoisotopic (exact) mass is 374 g/mol. The van der Waals surface area contributed by atoms with Gasteiger partial charge >= 0.3 is 0 Å². The summed E-state index contributed by atoms with van der Waals surface area (Å²) in [5, 5.41) is 2.67. The smallest absolute Gasteiger partial charge is 0.226 e. The number of methoxy groups -OCH3 is 1. The second-order valence-electron chi connectivity index (χ2n) is 5.84. The van der Waals surface area contributed by atoms with Gasteiger partial charge in [-0.15, -0.1) is 0 Å². The van der Waals surface area contributed by atoms with Gasteiger partial charge in [0.2, 0.25) is 11.8 Å². The Morgan fingerprint density at radius 2 is 1.63 bits per heavy atom. The summed E-state index contributed by atoms with van der Waals surface area (Å²) in [6.07, 6.45) is 0.138. The molecule has 0 spiro atoms. The van der Waals surface area contributed by atoms with Crippen molar-refractivity contribution >= 4 is 17.5 Å². The Balaban J connectivity index is 1.76. The number of rotatable bonds is 9. The second-order valence-corrected chi connectivity index (χ2v) is 5.84. The van der Waals surface area contributed by atoms with Gasteiger partial charge in [0.05, 0.1) is 13.7 Å². The molecule has 0 bridgehead atoms. The standard InChI is InChI=1S/C20H23FN2O4/c1-15(24)23(13-14-27-19-9-7-18(26-2)8-10-19)12-11-20(25)22-17-5-3-16(21)4-6-17/h3-10H,11-14H2,1-2H3,(H,22,25). The first-order chi connectivity index (χ1) is 13.0. The van der Waals surface area contributed by atoms with Crippen LogP contribution in [0.25, 0.3) is 0 Å². The molecular weight excluding hydrogens is 351 g/mol. The molecule has 2 aromatic rings. The molecule has 0 saturated carbocycles. The zero-order valence-corrected chi connectivity index (χ0v) is 15.4. The SMILES string of the molecule is COc1ccc(OCCN(CCC(=O)Nc2ccc(F)cc2)C(C)=O)cc1. The lowest BCUT2D eigenvalue weighted by atomic mass is 10.3. The fraction of sp³-hybridized carbons (Fsp3) is 0.300. The van der Waals surface area contributed by atoms with Crippen LogP contribution in [0.4, 0.5) is 10.1 Å². The van der Waals surface area contributed by atoms with Crippen LogP contribution < -0.4 is 14.8 Å². The van der Waals surface area contributed by atoms with Crippen LogP contribution in [0.3, 0.4) is 0 Å². The molecule has 0 heterocycles. The molecule has 0 aliphatic carbocycles. The molecule has 0 unspecified atom stereocenters.